The molecule has 5 heteroatoms. The quantitative estimate of drug-likeness (QED) is 0.875. The molecule has 0 aliphatic rings. The summed E-state index contributed by atoms with van der Waals surface area (Å²) >= 11 is 5.90. The number of rotatable bonds is 2. The fraction of sp³-hybridized carbons (Fsp3) is 0.0769. The van der Waals surface area contributed by atoms with Crippen LogP contribution in [0.4, 0.5) is 5.69 Å². The molecule has 0 unspecified atom stereocenters. The molecule has 1 heterocycles. The predicted octanol–water partition coefficient (Wildman–Crippen LogP) is 3.00. The molecule has 1 aromatic heterocycles. The number of phenols is 1. The first kappa shape index (κ1) is 12.4. The highest BCUT2D eigenvalue weighted by atomic mass is 35.5. The highest BCUT2D eigenvalue weighted by Gasteiger charge is 2.11. The van der Waals surface area contributed by atoms with Crippen LogP contribution in [0.25, 0.3) is 0 Å². The Balaban J connectivity index is 2.24. The average Bonchev–Trinajstić information content (AvgIpc) is 2.32. The Kier molecular flexibility index (Phi) is 3.48. The third kappa shape index (κ3) is 2.78. The van der Waals surface area contributed by atoms with Crippen LogP contribution < -0.4 is 5.32 Å². The van der Waals surface area contributed by atoms with Crippen LogP contribution >= 0.6 is 11.6 Å². The zero-order valence-corrected chi connectivity index (χ0v) is 10.4. The number of nitrogens with zero attached hydrogens (tertiary/aromatic N) is 1. The van der Waals surface area contributed by atoms with Gasteiger partial charge in [0.1, 0.15) is 5.75 Å². The summed E-state index contributed by atoms with van der Waals surface area (Å²) in [5, 5.41) is 12.3. The van der Waals surface area contributed by atoms with E-state index in [0.717, 1.165) is 5.56 Å². The molecule has 18 heavy (non-hydrogen) atoms. The molecule has 92 valence electrons. The maximum Gasteiger partial charge on any atom is 0.257 e. The summed E-state index contributed by atoms with van der Waals surface area (Å²) in [7, 11) is 0. The Hall–Kier alpha value is -2.07. The topological polar surface area (TPSA) is 62.2 Å². The van der Waals surface area contributed by atoms with E-state index in [1.54, 1.807) is 18.5 Å². The highest BCUT2D eigenvalue weighted by Crippen LogP contribution is 2.22. The number of amides is 1. The lowest BCUT2D eigenvalue weighted by molar-refractivity contribution is 0.102. The molecule has 0 fully saturated rings. The largest absolute Gasteiger partial charge is 0.508 e. The number of hydrogen-bond acceptors (Lipinski definition) is 3. The fourth-order valence-electron chi connectivity index (χ4n) is 1.51. The van der Waals surface area contributed by atoms with E-state index in [1.165, 1.54) is 18.2 Å². The fourth-order valence-corrected chi connectivity index (χ4v) is 1.71. The van der Waals surface area contributed by atoms with Crippen LogP contribution in [0.5, 0.6) is 5.75 Å². The number of aromatic nitrogens is 1. The van der Waals surface area contributed by atoms with Gasteiger partial charge in [-0.25, -0.2) is 0 Å². The zero-order chi connectivity index (χ0) is 13.1. The summed E-state index contributed by atoms with van der Waals surface area (Å²) in [6.07, 6.45) is 3.23. The van der Waals surface area contributed by atoms with Gasteiger partial charge in [-0.2, -0.15) is 0 Å². The van der Waals surface area contributed by atoms with Crippen molar-refractivity contribution in [3.05, 3.63) is 52.8 Å². The first-order chi connectivity index (χ1) is 8.56. The first-order valence-electron chi connectivity index (χ1n) is 5.28. The summed E-state index contributed by atoms with van der Waals surface area (Å²) in [6, 6.07) is 6.01. The first-order valence-corrected chi connectivity index (χ1v) is 5.65. The van der Waals surface area contributed by atoms with Crippen LogP contribution in [0.3, 0.4) is 0 Å². The smallest absolute Gasteiger partial charge is 0.257 e. The Bertz CT molecular complexity index is 599. The maximum atomic E-state index is 12.0. The lowest BCUT2D eigenvalue weighted by Crippen LogP contribution is -2.12. The van der Waals surface area contributed by atoms with Crippen molar-refractivity contribution in [2.45, 2.75) is 6.92 Å². The van der Waals surface area contributed by atoms with Gasteiger partial charge in [-0.1, -0.05) is 11.6 Å². The Morgan fingerprint density at radius 2 is 2.11 bits per heavy atom. The Labute approximate surface area is 109 Å². The number of carbonyl (C=O) groups excluding carboxylic acids is 1. The third-order valence-electron chi connectivity index (χ3n) is 2.33. The van der Waals surface area contributed by atoms with Crippen molar-refractivity contribution >= 4 is 23.2 Å². The molecule has 4 nitrogen and oxygen atoms in total. The summed E-state index contributed by atoms with van der Waals surface area (Å²) in [4.78, 5) is 15.9. The predicted molar refractivity (Wildman–Crippen MR) is 70.0 cm³/mol. The second kappa shape index (κ2) is 5.06. The second-order valence-corrected chi connectivity index (χ2v) is 4.28. The molecule has 0 saturated heterocycles. The van der Waals surface area contributed by atoms with Crippen LogP contribution in [0.15, 0.2) is 36.7 Å². The maximum absolute atomic E-state index is 12.0. The molecule has 2 N–H and O–H groups in total. The van der Waals surface area contributed by atoms with Crippen molar-refractivity contribution in [1.29, 1.82) is 0 Å². The summed E-state index contributed by atoms with van der Waals surface area (Å²) in [5.41, 5.74) is 1.74. The molecule has 0 bridgehead atoms. The Morgan fingerprint density at radius 1 is 1.33 bits per heavy atom. The van der Waals surface area contributed by atoms with Crippen LogP contribution in [-0.2, 0) is 0 Å². The molecule has 0 aliphatic carbocycles. The second-order valence-electron chi connectivity index (χ2n) is 3.87. The number of phenolic OH excluding ortho intramolecular Hbond substituents is 1. The Morgan fingerprint density at radius 3 is 2.83 bits per heavy atom. The molecule has 0 aliphatic heterocycles. The van der Waals surface area contributed by atoms with Gasteiger partial charge >= 0.3 is 0 Å². The van der Waals surface area contributed by atoms with Crippen LogP contribution in [0, 0.1) is 6.92 Å². The molecule has 0 saturated carbocycles. The average molecular weight is 263 g/mol. The van der Waals surface area contributed by atoms with Gasteiger partial charge in [0.2, 0.25) is 0 Å². The van der Waals surface area contributed by atoms with Gasteiger partial charge in [0.05, 0.1) is 22.5 Å². The van der Waals surface area contributed by atoms with Crippen molar-refractivity contribution in [3.8, 4) is 5.75 Å². The van der Waals surface area contributed by atoms with E-state index in [1.807, 2.05) is 6.92 Å². The van der Waals surface area contributed by atoms with Gasteiger partial charge in [-0.3, -0.25) is 9.78 Å². The minimum atomic E-state index is -0.386. The van der Waals surface area contributed by atoms with E-state index in [-0.39, 0.29) is 22.2 Å². The number of hydrogen-bond donors (Lipinski definition) is 2. The van der Waals surface area contributed by atoms with Crippen molar-refractivity contribution in [1.82, 2.24) is 4.98 Å². The molecule has 0 atom stereocenters. The standard InChI is InChI=1S/C13H11ClN2O2/c1-8-4-9(7-15-6-8)16-13(18)11-5-10(17)2-3-12(11)14/h2-7,17H,1H3,(H,16,18). The molecule has 2 rings (SSSR count). The lowest BCUT2D eigenvalue weighted by Gasteiger charge is -2.07. The van der Waals surface area contributed by atoms with E-state index in [9.17, 15) is 9.90 Å². The molecule has 0 spiro atoms. The zero-order valence-electron chi connectivity index (χ0n) is 9.64. The van der Waals surface area contributed by atoms with Gasteiger partial charge in [0.15, 0.2) is 0 Å². The van der Waals surface area contributed by atoms with Gasteiger partial charge in [-0.05, 0) is 36.8 Å². The summed E-state index contributed by atoms with van der Waals surface area (Å²) in [5.74, 6) is -0.393. The molecule has 1 amide bonds. The van der Waals surface area contributed by atoms with Crippen molar-refractivity contribution in [2.75, 3.05) is 5.32 Å². The molecular formula is C13H11ClN2O2. The van der Waals surface area contributed by atoms with Crippen LogP contribution in [-0.4, -0.2) is 16.0 Å². The number of aromatic hydroxyl groups is 1. The minimum absolute atomic E-state index is 0.00748. The number of nitrogens with one attached hydrogen (secondary N) is 1. The highest BCUT2D eigenvalue weighted by molar-refractivity contribution is 6.34. The van der Waals surface area contributed by atoms with E-state index in [4.69, 9.17) is 11.6 Å². The van der Waals surface area contributed by atoms with E-state index in [0.29, 0.717) is 5.69 Å². The van der Waals surface area contributed by atoms with E-state index < -0.39 is 0 Å². The number of carbonyl (C=O) groups is 1. The minimum Gasteiger partial charge on any atom is -0.508 e. The summed E-state index contributed by atoms with van der Waals surface area (Å²) < 4.78 is 0. The van der Waals surface area contributed by atoms with Crippen LogP contribution in [0.1, 0.15) is 15.9 Å². The number of anilines is 1. The van der Waals surface area contributed by atoms with Gasteiger partial charge in [0.25, 0.3) is 5.91 Å². The monoisotopic (exact) mass is 262 g/mol. The SMILES string of the molecule is Cc1cncc(NC(=O)c2cc(O)ccc2Cl)c1. The van der Waals surface area contributed by atoms with Gasteiger partial charge < -0.3 is 10.4 Å². The van der Waals surface area contributed by atoms with Crippen molar-refractivity contribution in [2.24, 2.45) is 0 Å². The number of halogens is 1. The normalized spacial score (nSPS) is 10.1. The third-order valence-corrected chi connectivity index (χ3v) is 2.66. The molecule has 2 aromatic rings. The molecule has 1 aromatic carbocycles. The molecule has 0 radical (unpaired) electrons. The summed E-state index contributed by atoms with van der Waals surface area (Å²) in [6.45, 7) is 1.88. The van der Waals surface area contributed by atoms with Crippen molar-refractivity contribution in [3.63, 3.8) is 0 Å². The van der Waals surface area contributed by atoms with Gasteiger partial charge in [-0.15, -0.1) is 0 Å². The molecular weight excluding hydrogens is 252 g/mol. The van der Waals surface area contributed by atoms with Crippen LogP contribution in [0.2, 0.25) is 5.02 Å². The lowest BCUT2D eigenvalue weighted by atomic mass is 10.2. The number of aryl methyl sites for hydroxylation is 1. The van der Waals surface area contributed by atoms with E-state index in [2.05, 4.69) is 10.3 Å². The van der Waals surface area contributed by atoms with Crippen molar-refractivity contribution < 1.29 is 9.90 Å². The number of pyridine rings is 1. The van der Waals surface area contributed by atoms with E-state index >= 15 is 0 Å². The van der Waals surface area contributed by atoms with Gasteiger partial charge in [0, 0.05) is 6.20 Å². The number of benzene rings is 1.